The Morgan fingerprint density at radius 2 is 1.67 bits per heavy atom. The number of hydrogen-bond donors (Lipinski definition) is 0. The fourth-order valence-electron chi connectivity index (χ4n) is 3.68. The lowest BCUT2D eigenvalue weighted by molar-refractivity contribution is 0.0476. The van der Waals surface area contributed by atoms with Gasteiger partial charge >= 0.3 is 5.97 Å². The molecule has 4 aromatic rings. The Morgan fingerprint density at radius 1 is 0.970 bits per heavy atom. The van der Waals surface area contributed by atoms with E-state index in [4.69, 9.17) is 9.72 Å². The van der Waals surface area contributed by atoms with Crippen molar-refractivity contribution in [1.82, 2.24) is 4.98 Å². The number of Topliss-reactive ketones (excluding diaryl/α,β-unsaturated/α-hetero) is 1. The van der Waals surface area contributed by atoms with Crippen LogP contribution in [-0.2, 0) is 4.74 Å². The number of halogens is 1. The number of aryl methyl sites for hydroxylation is 1. The highest BCUT2D eigenvalue weighted by Gasteiger charge is 2.18. The molecule has 0 bridgehead atoms. The number of rotatable bonds is 6. The molecule has 0 unspecified atom stereocenters. The minimum absolute atomic E-state index is 0.255. The summed E-state index contributed by atoms with van der Waals surface area (Å²) in [6.07, 6.45) is 0. The van der Waals surface area contributed by atoms with Gasteiger partial charge < -0.3 is 4.74 Å². The third-order valence-electron chi connectivity index (χ3n) is 5.63. The standard InChI is InChI=1S/C28H24BrNO3/c1-17(2)19-7-9-20(10-8-19)25-15-24(23-6-4-5-18(3)27(23)30-25)28(32)33-16-26(31)21-11-13-22(29)14-12-21/h4-15,17H,16H2,1-3H3. The summed E-state index contributed by atoms with van der Waals surface area (Å²) in [6.45, 7) is 5.94. The van der Waals surface area contributed by atoms with E-state index in [1.165, 1.54) is 5.56 Å². The van der Waals surface area contributed by atoms with Gasteiger partial charge in [-0.1, -0.05) is 84.4 Å². The summed E-state index contributed by atoms with van der Waals surface area (Å²) in [5.41, 5.74) is 5.45. The van der Waals surface area contributed by atoms with Crippen LogP contribution in [0.1, 0.15) is 51.6 Å². The predicted molar refractivity (Wildman–Crippen MR) is 135 cm³/mol. The summed E-state index contributed by atoms with van der Waals surface area (Å²) < 4.78 is 6.31. The molecule has 1 aromatic heterocycles. The molecule has 4 rings (SSSR count). The molecule has 3 aromatic carbocycles. The molecule has 0 saturated carbocycles. The Hall–Kier alpha value is -3.31. The number of ether oxygens (including phenoxy) is 1. The molecule has 166 valence electrons. The number of nitrogens with zero attached hydrogens (tertiary/aromatic N) is 1. The number of pyridine rings is 1. The van der Waals surface area contributed by atoms with E-state index in [-0.39, 0.29) is 12.4 Å². The van der Waals surface area contributed by atoms with Gasteiger partial charge in [-0.15, -0.1) is 0 Å². The first-order valence-corrected chi connectivity index (χ1v) is 11.6. The van der Waals surface area contributed by atoms with Crippen LogP contribution in [0.3, 0.4) is 0 Å². The van der Waals surface area contributed by atoms with Gasteiger partial charge in [0.2, 0.25) is 0 Å². The van der Waals surface area contributed by atoms with Crippen LogP contribution in [-0.4, -0.2) is 23.3 Å². The zero-order valence-electron chi connectivity index (χ0n) is 18.8. The summed E-state index contributed by atoms with van der Waals surface area (Å²) in [4.78, 5) is 30.4. The molecule has 0 aliphatic rings. The molecule has 0 radical (unpaired) electrons. The molecule has 4 nitrogen and oxygen atoms in total. The zero-order valence-corrected chi connectivity index (χ0v) is 20.3. The van der Waals surface area contributed by atoms with Crippen molar-refractivity contribution in [2.75, 3.05) is 6.61 Å². The number of hydrogen-bond acceptors (Lipinski definition) is 4. The van der Waals surface area contributed by atoms with Gasteiger partial charge in [0.25, 0.3) is 0 Å². The third-order valence-corrected chi connectivity index (χ3v) is 6.16. The third kappa shape index (κ3) is 5.04. The summed E-state index contributed by atoms with van der Waals surface area (Å²) in [6, 6.07) is 22.6. The Kier molecular flexibility index (Phi) is 6.70. The van der Waals surface area contributed by atoms with Crippen molar-refractivity contribution in [2.45, 2.75) is 26.7 Å². The van der Waals surface area contributed by atoms with Gasteiger partial charge in [-0.05, 0) is 42.2 Å². The van der Waals surface area contributed by atoms with Crippen molar-refractivity contribution in [3.8, 4) is 11.3 Å². The van der Waals surface area contributed by atoms with Gasteiger partial charge in [-0.2, -0.15) is 0 Å². The molecule has 0 aliphatic carbocycles. The van der Waals surface area contributed by atoms with E-state index in [1.807, 2.05) is 37.3 Å². The van der Waals surface area contributed by atoms with Crippen LogP contribution < -0.4 is 0 Å². The molecule has 0 spiro atoms. The van der Waals surface area contributed by atoms with Crippen molar-refractivity contribution in [1.29, 1.82) is 0 Å². The van der Waals surface area contributed by atoms with E-state index < -0.39 is 5.97 Å². The Labute approximate surface area is 201 Å². The van der Waals surface area contributed by atoms with Gasteiger partial charge in [0.15, 0.2) is 12.4 Å². The van der Waals surface area contributed by atoms with Crippen molar-refractivity contribution >= 4 is 38.6 Å². The van der Waals surface area contributed by atoms with E-state index >= 15 is 0 Å². The van der Waals surface area contributed by atoms with Crippen molar-refractivity contribution in [3.63, 3.8) is 0 Å². The first-order valence-electron chi connectivity index (χ1n) is 10.8. The lowest BCUT2D eigenvalue weighted by atomic mass is 9.98. The monoisotopic (exact) mass is 501 g/mol. The van der Waals surface area contributed by atoms with Crippen LogP contribution in [0.5, 0.6) is 0 Å². The molecule has 0 saturated heterocycles. The quantitative estimate of drug-likeness (QED) is 0.208. The first kappa shape index (κ1) is 22.9. The van der Waals surface area contributed by atoms with Crippen LogP contribution in [0.4, 0.5) is 0 Å². The molecular weight excluding hydrogens is 478 g/mol. The van der Waals surface area contributed by atoms with Crippen molar-refractivity contribution in [3.05, 3.63) is 99.5 Å². The Bertz CT molecular complexity index is 1330. The molecule has 0 amide bonds. The number of ketones is 1. The number of para-hydroxylation sites is 1. The summed E-state index contributed by atoms with van der Waals surface area (Å²) >= 11 is 3.35. The summed E-state index contributed by atoms with van der Waals surface area (Å²) in [7, 11) is 0. The average Bonchev–Trinajstić information content (AvgIpc) is 2.82. The van der Waals surface area contributed by atoms with E-state index in [1.54, 1.807) is 30.3 Å². The fraction of sp³-hybridized carbons (Fsp3) is 0.179. The fourth-order valence-corrected chi connectivity index (χ4v) is 3.94. The van der Waals surface area contributed by atoms with E-state index in [9.17, 15) is 9.59 Å². The molecule has 5 heteroatoms. The van der Waals surface area contributed by atoms with Gasteiger partial charge in [0, 0.05) is 21.0 Å². The van der Waals surface area contributed by atoms with Gasteiger partial charge in [-0.25, -0.2) is 9.78 Å². The number of aromatic nitrogens is 1. The van der Waals surface area contributed by atoms with Crippen LogP contribution in [0, 0.1) is 6.92 Å². The normalized spacial score (nSPS) is 11.1. The molecule has 0 aliphatic heterocycles. The maximum Gasteiger partial charge on any atom is 0.339 e. The van der Waals surface area contributed by atoms with Gasteiger partial charge in [0.1, 0.15) is 0 Å². The Morgan fingerprint density at radius 3 is 2.33 bits per heavy atom. The molecule has 0 N–H and O–H groups in total. The smallest absolute Gasteiger partial charge is 0.339 e. The molecular formula is C28H24BrNO3. The number of benzene rings is 3. The highest BCUT2D eigenvalue weighted by molar-refractivity contribution is 9.10. The summed E-state index contributed by atoms with van der Waals surface area (Å²) in [5.74, 6) is -0.368. The largest absolute Gasteiger partial charge is 0.454 e. The molecule has 1 heterocycles. The maximum atomic E-state index is 13.1. The SMILES string of the molecule is Cc1cccc2c(C(=O)OCC(=O)c3ccc(Br)cc3)cc(-c3ccc(C(C)C)cc3)nc12. The molecule has 0 atom stereocenters. The number of fused-ring (bicyclic) bond motifs is 1. The van der Waals surface area contributed by atoms with Crippen LogP contribution in [0.25, 0.3) is 22.2 Å². The highest BCUT2D eigenvalue weighted by atomic mass is 79.9. The Balaban J connectivity index is 1.67. The predicted octanol–water partition coefficient (Wildman–Crippen LogP) is 7.14. The van der Waals surface area contributed by atoms with E-state index in [0.29, 0.717) is 28.1 Å². The average molecular weight is 502 g/mol. The van der Waals surface area contributed by atoms with Gasteiger partial charge in [0.05, 0.1) is 16.8 Å². The second-order valence-electron chi connectivity index (χ2n) is 8.31. The van der Waals surface area contributed by atoms with E-state index in [0.717, 1.165) is 21.1 Å². The van der Waals surface area contributed by atoms with E-state index in [2.05, 4.69) is 41.9 Å². The van der Waals surface area contributed by atoms with Crippen LogP contribution >= 0.6 is 15.9 Å². The highest BCUT2D eigenvalue weighted by Crippen LogP contribution is 2.28. The molecule has 33 heavy (non-hydrogen) atoms. The van der Waals surface area contributed by atoms with Gasteiger partial charge in [-0.3, -0.25) is 4.79 Å². The number of esters is 1. The van der Waals surface area contributed by atoms with Crippen molar-refractivity contribution < 1.29 is 14.3 Å². The summed E-state index contributed by atoms with van der Waals surface area (Å²) in [5, 5.41) is 0.707. The van der Waals surface area contributed by atoms with Crippen LogP contribution in [0.15, 0.2) is 77.3 Å². The number of carbonyl (C=O) groups excluding carboxylic acids is 2. The minimum atomic E-state index is -0.543. The number of carbonyl (C=O) groups is 2. The van der Waals surface area contributed by atoms with Crippen molar-refractivity contribution in [2.24, 2.45) is 0 Å². The minimum Gasteiger partial charge on any atom is -0.454 e. The topological polar surface area (TPSA) is 56.3 Å². The second-order valence-corrected chi connectivity index (χ2v) is 9.22. The lowest BCUT2D eigenvalue weighted by Crippen LogP contribution is -2.15. The second kappa shape index (κ2) is 9.67. The maximum absolute atomic E-state index is 13.1. The van der Waals surface area contributed by atoms with Crippen LogP contribution in [0.2, 0.25) is 0 Å². The molecule has 0 fully saturated rings. The first-order chi connectivity index (χ1) is 15.8. The lowest BCUT2D eigenvalue weighted by Gasteiger charge is -2.12. The zero-order chi connectivity index (χ0) is 23.5.